The van der Waals surface area contributed by atoms with Gasteiger partial charge in [0, 0.05) is 5.57 Å². The van der Waals surface area contributed by atoms with Gasteiger partial charge in [0.15, 0.2) is 0 Å². The lowest BCUT2D eigenvalue weighted by Gasteiger charge is -2.22. The van der Waals surface area contributed by atoms with E-state index in [0.717, 1.165) is 5.56 Å². The van der Waals surface area contributed by atoms with Crippen molar-refractivity contribution in [1.29, 1.82) is 0 Å². The Balaban J connectivity index is 2.51. The zero-order valence-corrected chi connectivity index (χ0v) is 10.2. The van der Waals surface area contributed by atoms with Crippen molar-refractivity contribution in [3.8, 4) is 0 Å². The molecule has 4 nitrogen and oxygen atoms in total. The topological polar surface area (TPSA) is 44.8 Å². The minimum atomic E-state index is -0.712. The third-order valence-electron chi connectivity index (χ3n) is 2.17. The number of hydrogen-bond donors (Lipinski definition) is 0. The maximum atomic E-state index is 11.0. The van der Waals surface area contributed by atoms with Crippen LogP contribution in [0.4, 0.5) is 0 Å². The van der Waals surface area contributed by atoms with E-state index in [1.54, 1.807) is 13.8 Å². The van der Waals surface area contributed by atoms with Crippen LogP contribution in [0.1, 0.15) is 26.3 Å². The second-order valence-corrected chi connectivity index (χ2v) is 4.18. The lowest BCUT2D eigenvalue weighted by molar-refractivity contribution is -0.519. The molecule has 1 aromatic rings. The van der Waals surface area contributed by atoms with E-state index in [4.69, 9.17) is 4.89 Å². The molecule has 0 aliphatic carbocycles. The fourth-order valence-corrected chi connectivity index (χ4v) is 1.09. The van der Waals surface area contributed by atoms with Gasteiger partial charge in [-0.3, -0.25) is 4.89 Å². The molecule has 0 heterocycles. The fraction of sp³-hybridized carbons (Fsp3) is 0.308. The largest absolute Gasteiger partial charge is 0.371 e. The van der Waals surface area contributed by atoms with E-state index in [1.807, 2.05) is 30.3 Å². The van der Waals surface area contributed by atoms with Crippen molar-refractivity contribution in [2.45, 2.75) is 26.4 Å². The molecule has 0 aliphatic rings. The van der Waals surface area contributed by atoms with Crippen molar-refractivity contribution < 1.29 is 19.6 Å². The van der Waals surface area contributed by atoms with Crippen molar-refractivity contribution >= 4 is 5.97 Å². The van der Waals surface area contributed by atoms with Gasteiger partial charge >= 0.3 is 5.97 Å². The number of rotatable bonds is 5. The Morgan fingerprint density at radius 3 is 2.35 bits per heavy atom. The monoisotopic (exact) mass is 236 g/mol. The van der Waals surface area contributed by atoms with Crippen LogP contribution in [0, 0.1) is 0 Å². The standard InChI is InChI=1S/C13H16O4/c1-10(2)12(14)15-17-16-13(3,4)11-8-6-5-7-9-11/h5-9H,1H2,2-4H3. The Labute approximate surface area is 101 Å². The molecule has 0 bridgehead atoms. The van der Waals surface area contributed by atoms with Crippen LogP contribution in [-0.4, -0.2) is 5.97 Å². The summed E-state index contributed by atoms with van der Waals surface area (Å²) in [5.74, 6) is -0.658. The summed E-state index contributed by atoms with van der Waals surface area (Å²) < 4.78 is 0. The first-order valence-corrected chi connectivity index (χ1v) is 5.21. The normalized spacial score (nSPS) is 11.0. The summed E-state index contributed by atoms with van der Waals surface area (Å²) in [6.45, 7) is 8.55. The van der Waals surface area contributed by atoms with Gasteiger partial charge in [-0.05, 0) is 31.4 Å². The Kier molecular flexibility index (Phi) is 4.43. The molecule has 0 unspecified atom stereocenters. The third-order valence-corrected chi connectivity index (χ3v) is 2.17. The van der Waals surface area contributed by atoms with Crippen LogP contribution >= 0.6 is 0 Å². The smallest absolute Gasteiger partial charge is 0.264 e. The van der Waals surface area contributed by atoms with Gasteiger partial charge in [0.1, 0.15) is 5.60 Å². The molecule has 1 aromatic carbocycles. The summed E-state index contributed by atoms with van der Waals surface area (Å²) in [5, 5.41) is 4.47. The molecule has 0 saturated carbocycles. The van der Waals surface area contributed by atoms with Gasteiger partial charge < -0.3 is 0 Å². The average Bonchev–Trinajstić information content (AvgIpc) is 2.29. The Bertz CT molecular complexity index is 395. The third kappa shape index (κ3) is 4.01. The van der Waals surface area contributed by atoms with Gasteiger partial charge in [0.2, 0.25) is 0 Å². The molecular formula is C13H16O4. The number of carbonyl (C=O) groups excluding carboxylic acids is 1. The predicted octanol–water partition coefficient (Wildman–Crippen LogP) is 2.90. The Morgan fingerprint density at radius 2 is 1.82 bits per heavy atom. The average molecular weight is 236 g/mol. The first-order chi connectivity index (χ1) is 7.93. The highest BCUT2D eigenvalue weighted by Crippen LogP contribution is 2.24. The summed E-state index contributed by atoms with van der Waals surface area (Å²) in [5.41, 5.74) is 0.439. The van der Waals surface area contributed by atoms with E-state index in [9.17, 15) is 4.79 Å². The molecule has 0 aliphatic heterocycles. The number of hydrogen-bond acceptors (Lipinski definition) is 4. The van der Waals surface area contributed by atoms with Crippen molar-refractivity contribution in [3.05, 3.63) is 48.0 Å². The van der Waals surface area contributed by atoms with E-state index in [2.05, 4.69) is 16.5 Å². The van der Waals surface area contributed by atoms with E-state index >= 15 is 0 Å². The fourth-order valence-electron chi connectivity index (χ4n) is 1.09. The molecule has 1 rings (SSSR count). The van der Waals surface area contributed by atoms with E-state index in [1.165, 1.54) is 6.92 Å². The zero-order chi connectivity index (χ0) is 12.9. The van der Waals surface area contributed by atoms with Crippen LogP contribution in [0.15, 0.2) is 42.5 Å². The summed E-state index contributed by atoms with van der Waals surface area (Å²) in [6, 6.07) is 9.47. The van der Waals surface area contributed by atoms with Crippen LogP contribution in [-0.2, 0) is 25.2 Å². The molecule has 0 amide bonds. The molecule has 0 N–H and O–H groups in total. The van der Waals surface area contributed by atoms with E-state index in [0.29, 0.717) is 0 Å². The molecule has 0 atom stereocenters. The summed E-state index contributed by atoms with van der Waals surface area (Å²) in [4.78, 5) is 20.5. The Hall–Kier alpha value is -1.65. The quantitative estimate of drug-likeness (QED) is 0.448. The molecule has 92 valence electrons. The predicted molar refractivity (Wildman–Crippen MR) is 62.5 cm³/mol. The van der Waals surface area contributed by atoms with Crippen molar-refractivity contribution in [3.63, 3.8) is 0 Å². The number of benzene rings is 1. The second kappa shape index (κ2) is 5.61. The first kappa shape index (κ1) is 13.4. The minimum absolute atomic E-state index is 0.242. The summed E-state index contributed by atoms with van der Waals surface area (Å²) in [7, 11) is 0. The van der Waals surface area contributed by atoms with Crippen molar-refractivity contribution in [1.82, 2.24) is 0 Å². The van der Waals surface area contributed by atoms with Crippen molar-refractivity contribution in [2.75, 3.05) is 0 Å². The van der Waals surface area contributed by atoms with Gasteiger partial charge in [-0.15, -0.1) is 0 Å². The first-order valence-electron chi connectivity index (χ1n) is 5.21. The zero-order valence-electron chi connectivity index (χ0n) is 10.2. The molecule has 0 fully saturated rings. The van der Waals surface area contributed by atoms with Crippen LogP contribution in [0.3, 0.4) is 0 Å². The minimum Gasteiger partial charge on any atom is -0.264 e. The second-order valence-electron chi connectivity index (χ2n) is 4.18. The van der Waals surface area contributed by atoms with Gasteiger partial charge in [-0.2, -0.15) is 4.89 Å². The van der Waals surface area contributed by atoms with Crippen LogP contribution in [0.5, 0.6) is 0 Å². The maximum Gasteiger partial charge on any atom is 0.371 e. The highest BCUT2D eigenvalue weighted by atomic mass is 17.5. The van der Waals surface area contributed by atoms with Crippen LogP contribution in [0.25, 0.3) is 0 Å². The van der Waals surface area contributed by atoms with Gasteiger partial charge in [-0.25, -0.2) is 4.79 Å². The van der Waals surface area contributed by atoms with Gasteiger partial charge in [0.05, 0.1) is 0 Å². The molecule has 0 saturated heterocycles. The SMILES string of the molecule is C=C(C)C(=O)OOOC(C)(C)c1ccccc1. The molecule has 0 radical (unpaired) electrons. The highest BCUT2D eigenvalue weighted by molar-refractivity contribution is 5.86. The van der Waals surface area contributed by atoms with Crippen LogP contribution < -0.4 is 0 Å². The maximum absolute atomic E-state index is 11.0. The molecule has 4 heteroatoms. The van der Waals surface area contributed by atoms with Gasteiger partial charge in [-0.1, -0.05) is 36.9 Å². The lowest BCUT2D eigenvalue weighted by atomic mass is 9.99. The number of carbonyl (C=O) groups is 1. The molecule has 0 spiro atoms. The molecular weight excluding hydrogens is 220 g/mol. The van der Waals surface area contributed by atoms with Gasteiger partial charge in [0.25, 0.3) is 0 Å². The molecule has 0 aromatic heterocycles. The summed E-state index contributed by atoms with van der Waals surface area (Å²) in [6.07, 6.45) is 0. The van der Waals surface area contributed by atoms with Crippen molar-refractivity contribution in [2.24, 2.45) is 0 Å². The molecule has 17 heavy (non-hydrogen) atoms. The van der Waals surface area contributed by atoms with Crippen LogP contribution in [0.2, 0.25) is 0 Å². The Morgan fingerprint density at radius 1 is 1.24 bits per heavy atom. The van der Waals surface area contributed by atoms with E-state index < -0.39 is 11.6 Å². The van der Waals surface area contributed by atoms with E-state index in [-0.39, 0.29) is 5.57 Å². The summed E-state index contributed by atoms with van der Waals surface area (Å²) >= 11 is 0. The highest BCUT2D eigenvalue weighted by Gasteiger charge is 2.23. The lowest BCUT2D eigenvalue weighted by Crippen LogP contribution is -2.23.